The van der Waals surface area contributed by atoms with E-state index in [0.717, 1.165) is 0 Å². The van der Waals surface area contributed by atoms with Gasteiger partial charge in [-0.3, -0.25) is 4.57 Å². The van der Waals surface area contributed by atoms with E-state index in [0.29, 0.717) is 0 Å². The SMILES string of the molecule is CO/C(O)=C(\C)P(=O)(OC)OC. The van der Waals surface area contributed by atoms with Crippen molar-refractivity contribution in [3.05, 3.63) is 11.3 Å². The lowest BCUT2D eigenvalue weighted by molar-refractivity contribution is 0.131. The maximum atomic E-state index is 11.5. The molecular weight excluding hydrogens is 183 g/mol. The van der Waals surface area contributed by atoms with Gasteiger partial charge in [-0.25, -0.2) is 0 Å². The average molecular weight is 196 g/mol. The molecule has 0 amide bonds. The topological polar surface area (TPSA) is 65.0 Å². The average Bonchev–Trinajstić information content (AvgIpc) is 2.14. The standard InChI is InChI=1S/C6H13O5P/c1-5(6(7)9-2)12(8,10-3)11-4/h7H,1-4H3/b6-5+. The first kappa shape index (κ1) is 11.5. The van der Waals surface area contributed by atoms with Crippen molar-refractivity contribution in [2.24, 2.45) is 0 Å². The molecule has 5 nitrogen and oxygen atoms in total. The molecule has 0 unspecified atom stereocenters. The Balaban J connectivity index is 4.88. The van der Waals surface area contributed by atoms with Gasteiger partial charge in [-0.05, 0) is 6.92 Å². The molecule has 0 bridgehead atoms. The number of allylic oxidation sites excluding steroid dienone is 1. The van der Waals surface area contributed by atoms with E-state index in [-0.39, 0.29) is 5.31 Å². The van der Waals surface area contributed by atoms with Crippen LogP contribution >= 0.6 is 7.60 Å². The molecule has 0 saturated carbocycles. The van der Waals surface area contributed by atoms with E-state index in [1.165, 1.54) is 28.3 Å². The second kappa shape index (κ2) is 4.50. The largest absolute Gasteiger partial charge is 0.481 e. The number of methoxy groups -OCH3 is 1. The molecule has 0 aromatic rings. The van der Waals surface area contributed by atoms with Crippen LogP contribution in [0.2, 0.25) is 0 Å². The van der Waals surface area contributed by atoms with Crippen molar-refractivity contribution in [3.63, 3.8) is 0 Å². The minimum absolute atomic E-state index is 0.0509. The molecule has 0 radical (unpaired) electrons. The molecule has 0 heterocycles. The molecule has 0 aromatic carbocycles. The third-order valence-corrected chi connectivity index (χ3v) is 3.37. The first-order chi connectivity index (χ1) is 5.51. The predicted octanol–water partition coefficient (Wildman–Crippen LogP) is 1.87. The van der Waals surface area contributed by atoms with Crippen LogP contribution in [0.1, 0.15) is 6.92 Å². The number of rotatable bonds is 4. The minimum Gasteiger partial charge on any atom is -0.481 e. The highest BCUT2D eigenvalue weighted by molar-refractivity contribution is 7.58. The summed E-state index contributed by atoms with van der Waals surface area (Å²) in [5.74, 6) is -0.443. The van der Waals surface area contributed by atoms with Gasteiger partial charge < -0.3 is 18.9 Å². The lowest BCUT2D eigenvalue weighted by Gasteiger charge is -2.14. The van der Waals surface area contributed by atoms with E-state index < -0.39 is 13.5 Å². The Bertz CT molecular complexity index is 214. The lowest BCUT2D eigenvalue weighted by atomic mass is 10.7. The van der Waals surface area contributed by atoms with Gasteiger partial charge >= 0.3 is 7.60 Å². The van der Waals surface area contributed by atoms with Crippen LogP contribution in [0.25, 0.3) is 0 Å². The molecule has 0 fully saturated rings. The smallest absolute Gasteiger partial charge is 0.363 e. The van der Waals surface area contributed by atoms with Crippen LogP contribution in [0.3, 0.4) is 0 Å². The molecule has 0 aliphatic carbocycles. The highest BCUT2D eigenvalue weighted by Gasteiger charge is 2.28. The Morgan fingerprint density at radius 2 is 1.67 bits per heavy atom. The van der Waals surface area contributed by atoms with E-state index in [2.05, 4.69) is 13.8 Å². The molecule has 6 heteroatoms. The first-order valence-corrected chi connectivity index (χ1v) is 4.72. The van der Waals surface area contributed by atoms with E-state index in [9.17, 15) is 4.57 Å². The molecule has 0 rings (SSSR count). The summed E-state index contributed by atoms with van der Waals surface area (Å²) in [6, 6.07) is 0. The van der Waals surface area contributed by atoms with E-state index in [1.807, 2.05) is 0 Å². The van der Waals surface area contributed by atoms with Crippen LogP contribution in [-0.4, -0.2) is 26.4 Å². The summed E-state index contributed by atoms with van der Waals surface area (Å²) in [5, 5.41) is 9.10. The Morgan fingerprint density at radius 3 is 1.92 bits per heavy atom. The molecule has 0 saturated heterocycles. The molecule has 0 aromatic heterocycles. The summed E-state index contributed by atoms with van der Waals surface area (Å²) < 4.78 is 25.2. The van der Waals surface area contributed by atoms with Gasteiger partial charge in [-0.15, -0.1) is 0 Å². The van der Waals surface area contributed by atoms with Crippen molar-refractivity contribution >= 4 is 7.60 Å². The van der Waals surface area contributed by atoms with Gasteiger partial charge in [0, 0.05) is 14.2 Å². The third kappa shape index (κ3) is 2.24. The molecule has 72 valence electrons. The van der Waals surface area contributed by atoms with E-state index >= 15 is 0 Å². The molecule has 0 aliphatic heterocycles. The van der Waals surface area contributed by atoms with Gasteiger partial charge in [0.1, 0.15) is 5.31 Å². The second-order valence-electron chi connectivity index (χ2n) is 1.96. The highest BCUT2D eigenvalue weighted by Crippen LogP contribution is 2.55. The zero-order chi connectivity index (χ0) is 9.78. The van der Waals surface area contributed by atoms with Crippen molar-refractivity contribution in [1.29, 1.82) is 0 Å². The number of hydrogen-bond donors (Lipinski definition) is 1. The number of hydrogen-bond acceptors (Lipinski definition) is 5. The van der Waals surface area contributed by atoms with Crippen LogP contribution in [0.4, 0.5) is 0 Å². The molecule has 0 aliphatic rings. The third-order valence-electron chi connectivity index (χ3n) is 1.39. The lowest BCUT2D eigenvalue weighted by Crippen LogP contribution is -1.96. The van der Waals surface area contributed by atoms with Crippen LogP contribution in [0.5, 0.6) is 0 Å². The summed E-state index contributed by atoms with van der Waals surface area (Å²) >= 11 is 0. The maximum Gasteiger partial charge on any atom is 0.363 e. The fourth-order valence-electron chi connectivity index (χ4n) is 0.613. The van der Waals surface area contributed by atoms with Crippen LogP contribution in [0, 0.1) is 0 Å². The van der Waals surface area contributed by atoms with E-state index in [4.69, 9.17) is 5.11 Å². The van der Waals surface area contributed by atoms with Gasteiger partial charge in [0.2, 0.25) is 0 Å². The Labute approximate surface area is 71.5 Å². The molecular formula is C6H13O5P. The fourth-order valence-corrected chi connectivity index (χ4v) is 1.64. The second-order valence-corrected chi connectivity index (χ2v) is 4.35. The van der Waals surface area contributed by atoms with Gasteiger partial charge in [0.05, 0.1) is 7.11 Å². The molecule has 0 spiro atoms. The number of aliphatic hydroxyl groups is 1. The van der Waals surface area contributed by atoms with Gasteiger partial charge in [0.15, 0.2) is 0 Å². The Morgan fingerprint density at radius 1 is 1.25 bits per heavy atom. The van der Waals surface area contributed by atoms with Gasteiger partial charge in [0.25, 0.3) is 5.95 Å². The highest BCUT2D eigenvalue weighted by atomic mass is 31.2. The summed E-state index contributed by atoms with van der Waals surface area (Å²) in [6.07, 6.45) is 0. The molecule has 12 heavy (non-hydrogen) atoms. The van der Waals surface area contributed by atoms with Crippen LogP contribution in [0.15, 0.2) is 11.3 Å². The maximum absolute atomic E-state index is 11.5. The number of ether oxygens (including phenoxy) is 1. The quantitative estimate of drug-likeness (QED) is 0.549. The predicted molar refractivity (Wildman–Crippen MR) is 44.0 cm³/mol. The van der Waals surface area contributed by atoms with Crippen LogP contribution in [-0.2, 0) is 18.3 Å². The Hall–Kier alpha value is -0.510. The van der Waals surface area contributed by atoms with Crippen LogP contribution < -0.4 is 0 Å². The van der Waals surface area contributed by atoms with Crippen molar-refractivity contribution < 1.29 is 23.5 Å². The zero-order valence-corrected chi connectivity index (χ0v) is 8.42. The summed E-state index contributed by atoms with van der Waals surface area (Å²) in [7, 11) is 0.384. The molecule has 1 N–H and O–H groups in total. The molecule has 0 atom stereocenters. The van der Waals surface area contributed by atoms with Gasteiger partial charge in [-0.2, -0.15) is 0 Å². The van der Waals surface area contributed by atoms with Crippen molar-refractivity contribution in [2.75, 3.05) is 21.3 Å². The Kier molecular flexibility index (Phi) is 4.31. The fraction of sp³-hybridized carbons (Fsp3) is 0.667. The summed E-state index contributed by atoms with van der Waals surface area (Å²) in [5.41, 5.74) is 0. The zero-order valence-electron chi connectivity index (χ0n) is 7.53. The monoisotopic (exact) mass is 196 g/mol. The minimum atomic E-state index is -3.34. The summed E-state index contributed by atoms with van der Waals surface area (Å²) in [6.45, 7) is 1.41. The van der Waals surface area contributed by atoms with Crippen molar-refractivity contribution in [3.8, 4) is 0 Å². The van der Waals surface area contributed by atoms with Gasteiger partial charge in [-0.1, -0.05) is 0 Å². The summed E-state index contributed by atoms with van der Waals surface area (Å²) in [4.78, 5) is 0. The number of aliphatic hydroxyl groups excluding tert-OH is 1. The normalized spacial score (nSPS) is 14.0. The van der Waals surface area contributed by atoms with Crippen molar-refractivity contribution in [2.45, 2.75) is 6.92 Å². The first-order valence-electron chi connectivity index (χ1n) is 3.17. The van der Waals surface area contributed by atoms with Crippen molar-refractivity contribution in [1.82, 2.24) is 0 Å². The van der Waals surface area contributed by atoms with E-state index in [1.54, 1.807) is 0 Å².